The summed E-state index contributed by atoms with van der Waals surface area (Å²) in [5.74, 6) is 0.118. The molecule has 2 aliphatic heterocycles. The van der Waals surface area contributed by atoms with Crippen LogP contribution >= 0.6 is 0 Å². The molecule has 19 heavy (non-hydrogen) atoms. The summed E-state index contributed by atoms with van der Waals surface area (Å²) in [5.41, 5.74) is 2.31. The third-order valence-electron chi connectivity index (χ3n) is 3.87. The highest BCUT2D eigenvalue weighted by molar-refractivity contribution is 5.71. The van der Waals surface area contributed by atoms with E-state index in [9.17, 15) is 4.79 Å². The van der Waals surface area contributed by atoms with Gasteiger partial charge in [-0.1, -0.05) is 18.2 Å². The number of nitrogens with zero attached hydrogens (tertiary/aromatic N) is 1. The number of aliphatic carboxylic acids is 1. The van der Waals surface area contributed by atoms with Gasteiger partial charge < -0.3 is 9.84 Å². The number of carbonyl (C=O) groups is 1. The van der Waals surface area contributed by atoms with Gasteiger partial charge in [-0.25, -0.2) is 0 Å². The Balaban J connectivity index is 1.71. The van der Waals surface area contributed by atoms with Gasteiger partial charge in [-0.3, -0.25) is 9.69 Å². The van der Waals surface area contributed by atoms with Gasteiger partial charge in [0.2, 0.25) is 0 Å². The molecule has 0 bridgehead atoms. The molecule has 1 aromatic rings. The van der Waals surface area contributed by atoms with Gasteiger partial charge in [-0.2, -0.15) is 0 Å². The van der Waals surface area contributed by atoms with Crippen molar-refractivity contribution in [2.45, 2.75) is 32.4 Å². The number of fused-ring (bicyclic) bond motifs is 1. The molecule has 0 aromatic heterocycles. The fourth-order valence-electron chi connectivity index (χ4n) is 2.90. The molecular formula is C15H19NO3. The van der Waals surface area contributed by atoms with Crippen LogP contribution in [0.15, 0.2) is 18.2 Å². The first-order chi connectivity index (χ1) is 8.94. The number of carboxylic acids is 1. The molecule has 0 saturated carbocycles. The van der Waals surface area contributed by atoms with Gasteiger partial charge in [0.1, 0.15) is 11.4 Å². The van der Waals surface area contributed by atoms with Crippen molar-refractivity contribution in [3.8, 4) is 5.75 Å². The summed E-state index contributed by atoms with van der Waals surface area (Å²) in [6, 6.07) is 6.26. The first-order valence-electron chi connectivity index (χ1n) is 6.69. The summed E-state index contributed by atoms with van der Waals surface area (Å²) < 4.78 is 6.03. The van der Waals surface area contributed by atoms with Gasteiger partial charge in [0, 0.05) is 31.6 Å². The van der Waals surface area contributed by atoms with Gasteiger partial charge in [0.15, 0.2) is 0 Å². The molecule has 0 aliphatic carbocycles. The highest BCUT2D eigenvalue weighted by Crippen LogP contribution is 2.38. The molecule has 3 rings (SSSR count). The molecule has 4 heteroatoms. The maximum atomic E-state index is 10.8. The van der Waals surface area contributed by atoms with E-state index in [1.807, 2.05) is 0 Å². The fraction of sp³-hybridized carbons (Fsp3) is 0.533. The molecule has 2 heterocycles. The Morgan fingerprint density at radius 3 is 2.89 bits per heavy atom. The normalized spacial score (nSPS) is 21.6. The molecule has 102 valence electrons. The second-order valence-electron chi connectivity index (χ2n) is 6.17. The van der Waals surface area contributed by atoms with Crippen LogP contribution in [-0.2, 0) is 17.8 Å². The number of rotatable bonds is 3. The predicted molar refractivity (Wildman–Crippen MR) is 71.3 cm³/mol. The van der Waals surface area contributed by atoms with Crippen molar-refractivity contribution < 1.29 is 14.6 Å². The summed E-state index contributed by atoms with van der Waals surface area (Å²) >= 11 is 0. The summed E-state index contributed by atoms with van der Waals surface area (Å²) in [6.07, 6.45) is 0.938. The van der Waals surface area contributed by atoms with E-state index in [0.29, 0.717) is 13.1 Å². The third-order valence-corrected chi connectivity index (χ3v) is 3.87. The highest BCUT2D eigenvalue weighted by Gasteiger charge is 2.35. The minimum absolute atomic E-state index is 0.128. The zero-order chi connectivity index (χ0) is 13.6. The Kier molecular flexibility index (Phi) is 2.78. The molecule has 0 radical (unpaired) electrons. The highest BCUT2D eigenvalue weighted by atomic mass is 16.5. The topological polar surface area (TPSA) is 49.8 Å². The minimum atomic E-state index is -0.688. The van der Waals surface area contributed by atoms with Gasteiger partial charge in [-0.05, 0) is 19.4 Å². The Bertz CT molecular complexity index is 518. The van der Waals surface area contributed by atoms with E-state index in [4.69, 9.17) is 9.84 Å². The van der Waals surface area contributed by atoms with Crippen LogP contribution in [0.3, 0.4) is 0 Å². The number of benzene rings is 1. The van der Waals surface area contributed by atoms with Gasteiger partial charge in [0.25, 0.3) is 0 Å². The lowest BCUT2D eigenvalue weighted by Crippen LogP contribution is -2.49. The van der Waals surface area contributed by atoms with E-state index in [0.717, 1.165) is 18.7 Å². The first-order valence-corrected chi connectivity index (χ1v) is 6.69. The first kappa shape index (κ1) is 12.5. The second kappa shape index (κ2) is 4.23. The molecule has 0 atom stereocenters. The zero-order valence-electron chi connectivity index (χ0n) is 11.3. The van der Waals surface area contributed by atoms with Crippen LogP contribution in [-0.4, -0.2) is 34.7 Å². The zero-order valence-corrected chi connectivity index (χ0v) is 11.3. The molecule has 0 spiro atoms. The van der Waals surface area contributed by atoms with Crippen LogP contribution in [0.4, 0.5) is 0 Å². The lowest BCUT2D eigenvalue weighted by molar-refractivity contribution is -0.147. The predicted octanol–water partition coefficient (Wildman–Crippen LogP) is 1.92. The van der Waals surface area contributed by atoms with Crippen LogP contribution in [0, 0.1) is 5.92 Å². The molecule has 1 saturated heterocycles. The molecule has 0 amide bonds. The van der Waals surface area contributed by atoms with E-state index >= 15 is 0 Å². The Morgan fingerprint density at radius 2 is 2.21 bits per heavy atom. The average Bonchev–Trinajstić information content (AvgIpc) is 2.56. The fourth-order valence-corrected chi connectivity index (χ4v) is 2.90. The van der Waals surface area contributed by atoms with Crippen molar-refractivity contribution in [3.05, 3.63) is 29.3 Å². The summed E-state index contributed by atoms with van der Waals surface area (Å²) in [5, 5.41) is 8.89. The van der Waals surface area contributed by atoms with Crippen LogP contribution in [0.25, 0.3) is 0 Å². The maximum Gasteiger partial charge on any atom is 0.309 e. The quantitative estimate of drug-likeness (QED) is 0.903. The second-order valence-corrected chi connectivity index (χ2v) is 6.17. The third kappa shape index (κ3) is 2.32. The number of para-hydroxylation sites is 1. The van der Waals surface area contributed by atoms with E-state index in [1.165, 1.54) is 11.1 Å². The van der Waals surface area contributed by atoms with Crippen LogP contribution in [0.2, 0.25) is 0 Å². The van der Waals surface area contributed by atoms with Crippen molar-refractivity contribution in [1.82, 2.24) is 4.90 Å². The molecule has 1 aromatic carbocycles. The maximum absolute atomic E-state index is 10.8. The smallest absolute Gasteiger partial charge is 0.309 e. The molecule has 2 aliphatic rings. The van der Waals surface area contributed by atoms with E-state index < -0.39 is 5.97 Å². The van der Waals surface area contributed by atoms with E-state index in [1.54, 1.807) is 0 Å². The van der Waals surface area contributed by atoms with Crippen molar-refractivity contribution in [2.75, 3.05) is 13.1 Å². The average molecular weight is 261 g/mol. The number of hydrogen-bond donors (Lipinski definition) is 1. The number of likely N-dealkylation sites (tertiary alicyclic amines) is 1. The van der Waals surface area contributed by atoms with Crippen molar-refractivity contribution in [3.63, 3.8) is 0 Å². The number of carboxylic acid groups (broad SMARTS) is 1. The van der Waals surface area contributed by atoms with Crippen LogP contribution in [0.1, 0.15) is 25.0 Å². The van der Waals surface area contributed by atoms with E-state index in [2.05, 4.69) is 36.9 Å². The van der Waals surface area contributed by atoms with Crippen LogP contribution in [0.5, 0.6) is 5.75 Å². The monoisotopic (exact) mass is 261 g/mol. The molecule has 1 fully saturated rings. The molecular weight excluding hydrogens is 242 g/mol. The molecule has 4 nitrogen and oxygen atoms in total. The Hall–Kier alpha value is -1.55. The van der Waals surface area contributed by atoms with Crippen molar-refractivity contribution >= 4 is 5.97 Å². The Labute approximate surface area is 113 Å². The Morgan fingerprint density at radius 1 is 1.47 bits per heavy atom. The summed E-state index contributed by atoms with van der Waals surface area (Å²) in [7, 11) is 0. The summed E-state index contributed by atoms with van der Waals surface area (Å²) in [6.45, 7) is 6.26. The minimum Gasteiger partial charge on any atom is -0.487 e. The van der Waals surface area contributed by atoms with Crippen molar-refractivity contribution in [1.29, 1.82) is 0 Å². The van der Waals surface area contributed by atoms with Gasteiger partial charge >= 0.3 is 5.97 Å². The molecule has 1 N–H and O–H groups in total. The lowest BCUT2D eigenvalue weighted by atomic mass is 9.98. The lowest BCUT2D eigenvalue weighted by Gasteiger charge is -2.36. The van der Waals surface area contributed by atoms with Crippen molar-refractivity contribution in [2.24, 2.45) is 5.92 Å². The standard InChI is InChI=1S/C15H19NO3/c1-15(2)6-10-4-3-5-11(13(10)19-15)7-16-8-12(9-16)14(17)18/h3-5,12H,6-9H2,1-2H3,(H,17,18). The van der Waals surface area contributed by atoms with Gasteiger partial charge in [0.05, 0.1) is 5.92 Å². The SMILES string of the molecule is CC1(C)Cc2cccc(CN3CC(C(=O)O)C3)c2O1. The van der Waals surface area contributed by atoms with Crippen LogP contribution < -0.4 is 4.74 Å². The number of hydrogen-bond acceptors (Lipinski definition) is 3. The largest absolute Gasteiger partial charge is 0.487 e. The van der Waals surface area contributed by atoms with E-state index in [-0.39, 0.29) is 11.5 Å². The summed E-state index contributed by atoms with van der Waals surface area (Å²) in [4.78, 5) is 13.0. The van der Waals surface area contributed by atoms with Gasteiger partial charge in [-0.15, -0.1) is 0 Å². The number of ether oxygens (including phenoxy) is 1. The molecule has 0 unspecified atom stereocenters.